The number of hydrogen-bond acceptors (Lipinski definition) is 6. The number of carbonyl (C=O) groups excluding carboxylic acids is 4. The molecule has 1 aromatic rings. The van der Waals surface area contributed by atoms with Gasteiger partial charge in [0, 0.05) is 13.1 Å². The van der Waals surface area contributed by atoms with Gasteiger partial charge in [-0.3, -0.25) is 24.1 Å². The van der Waals surface area contributed by atoms with Crippen LogP contribution in [0.1, 0.15) is 25.3 Å². The molecule has 0 aromatic heterocycles. The number of hydrogen-bond donors (Lipinski definition) is 0. The van der Waals surface area contributed by atoms with Crippen LogP contribution in [-0.2, 0) is 19.1 Å². The first-order valence-electron chi connectivity index (χ1n) is 9.24. The monoisotopic (exact) mass is 402 g/mol. The van der Waals surface area contributed by atoms with Crippen molar-refractivity contribution in [1.29, 1.82) is 0 Å². The summed E-state index contributed by atoms with van der Waals surface area (Å²) in [5.41, 5.74) is 0.813. The number of rotatable bonds is 5. The maximum Gasteiger partial charge on any atom is 0.310 e. The Morgan fingerprint density at radius 3 is 2.71 bits per heavy atom. The van der Waals surface area contributed by atoms with Gasteiger partial charge in [0.2, 0.25) is 5.91 Å². The Morgan fingerprint density at radius 1 is 1.25 bits per heavy atom. The first-order valence-corrected chi connectivity index (χ1v) is 10.1. The summed E-state index contributed by atoms with van der Waals surface area (Å²) >= 11 is 0.831. The largest absolute Gasteiger partial charge is 0.466 e. The number of ether oxygens (including phenoxy) is 1. The van der Waals surface area contributed by atoms with Crippen molar-refractivity contribution < 1.29 is 23.9 Å². The lowest BCUT2D eigenvalue weighted by molar-refractivity contribution is -0.151. The van der Waals surface area contributed by atoms with E-state index >= 15 is 0 Å². The van der Waals surface area contributed by atoms with Crippen molar-refractivity contribution in [3.8, 4) is 0 Å². The van der Waals surface area contributed by atoms with Crippen LogP contribution in [0.3, 0.4) is 0 Å². The molecule has 2 aliphatic rings. The highest BCUT2D eigenvalue weighted by Gasteiger charge is 2.38. The Balaban J connectivity index is 1.63. The molecule has 0 aliphatic carbocycles. The normalized spacial score (nSPS) is 21.3. The van der Waals surface area contributed by atoms with E-state index in [0.29, 0.717) is 30.9 Å². The fraction of sp³-hybridized carbons (Fsp3) is 0.400. The molecule has 0 radical (unpaired) electrons. The van der Waals surface area contributed by atoms with E-state index in [4.69, 9.17) is 4.74 Å². The Hall–Kier alpha value is -2.61. The first-order chi connectivity index (χ1) is 13.5. The average molecular weight is 402 g/mol. The number of likely N-dealkylation sites (tertiary alicyclic amines) is 1. The molecule has 2 heterocycles. The van der Waals surface area contributed by atoms with E-state index in [9.17, 15) is 19.2 Å². The fourth-order valence-corrected chi connectivity index (χ4v) is 4.07. The maximum atomic E-state index is 12.6. The van der Waals surface area contributed by atoms with Gasteiger partial charge in [-0.25, -0.2) is 0 Å². The summed E-state index contributed by atoms with van der Waals surface area (Å²) in [6, 6.07) is 9.22. The molecule has 7 nitrogen and oxygen atoms in total. The quantitative estimate of drug-likeness (QED) is 0.556. The first kappa shape index (κ1) is 20.1. The molecule has 8 heteroatoms. The molecule has 2 aliphatic heterocycles. The topological polar surface area (TPSA) is 84.0 Å². The van der Waals surface area contributed by atoms with Crippen molar-refractivity contribution in [3.05, 3.63) is 40.8 Å². The van der Waals surface area contributed by atoms with E-state index in [-0.39, 0.29) is 30.9 Å². The molecule has 1 unspecified atom stereocenters. The second-order valence-electron chi connectivity index (χ2n) is 6.61. The van der Waals surface area contributed by atoms with Gasteiger partial charge >= 0.3 is 5.97 Å². The Labute approximate surface area is 167 Å². The van der Waals surface area contributed by atoms with Crippen molar-refractivity contribution >= 4 is 40.9 Å². The molecule has 3 amide bonds. The van der Waals surface area contributed by atoms with Crippen LogP contribution < -0.4 is 0 Å². The molecule has 0 saturated carbocycles. The third kappa shape index (κ3) is 4.62. The number of esters is 1. The highest BCUT2D eigenvalue weighted by atomic mass is 32.2. The van der Waals surface area contributed by atoms with Crippen molar-refractivity contribution in [2.24, 2.45) is 5.92 Å². The van der Waals surface area contributed by atoms with Crippen LogP contribution in [0, 0.1) is 5.92 Å². The third-order valence-corrected chi connectivity index (χ3v) is 5.57. The van der Waals surface area contributed by atoms with E-state index in [1.807, 2.05) is 30.3 Å². The van der Waals surface area contributed by atoms with Crippen LogP contribution in [0.4, 0.5) is 4.79 Å². The lowest BCUT2D eigenvalue weighted by Crippen LogP contribution is -2.47. The lowest BCUT2D eigenvalue weighted by atomic mass is 9.98. The molecule has 1 aromatic carbocycles. The molecule has 28 heavy (non-hydrogen) atoms. The van der Waals surface area contributed by atoms with E-state index in [0.717, 1.165) is 22.2 Å². The number of benzene rings is 1. The third-order valence-electron chi connectivity index (χ3n) is 4.66. The number of nitrogens with zero attached hydrogens (tertiary/aromatic N) is 2. The average Bonchev–Trinajstić information content (AvgIpc) is 2.96. The summed E-state index contributed by atoms with van der Waals surface area (Å²) in [5.74, 6) is -1.47. The van der Waals surface area contributed by atoms with Gasteiger partial charge < -0.3 is 9.64 Å². The second kappa shape index (κ2) is 9.05. The number of imide groups is 1. The van der Waals surface area contributed by atoms with Gasteiger partial charge in [0.1, 0.15) is 6.54 Å². The van der Waals surface area contributed by atoms with Crippen LogP contribution >= 0.6 is 11.8 Å². The van der Waals surface area contributed by atoms with Gasteiger partial charge in [-0.05, 0) is 43.2 Å². The zero-order chi connectivity index (χ0) is 20.1. The Kier molecular flexibility index (Phi) is 6.51. The predicted molar refractivity (Wildman–Crippen MR) is 105 cm³/mol. The lowest BCUT2D eigenvalue weighted by Gasteiger charge is -2.32. The number of piperidine rings is 1. The maximum absolute atomic E-state index is 12.6. The van der Waals surface area contributed by atoms with Crippen LogP contribution in [0.25, 0.3) is 6.08 Å². The molecular formula is C20H22N2O5S. The molecular weight excluding hydrogens is 380 g/mol. The number of carbonyl (C=O) groups is 4. The van der Waals surface area contributed by atoms with Crippen LogP contribution in [-0.4, -0.2) is 59.1 Å². The summed E-state index contributed by atoms with van der Waals surface area (Å²) in [6.07, 6.45) is 3.00. The predicted octanol–water partition coefficient (Wildman–Crippen LogP) is 2.52. The van der Waals surface area contributed by atoms with Crippen molar-refractivity contribution in [2.45, 2.75) is 19.8 Å². The van der Waals surface area contributed by atoms with Gasteiger partial charge in [0.15, 0.2) is 0 Å². The smallest absolute Gasteiger partial charge is 0.310 e. The fourth-order valence-electron chi connectivity index (χ4n) is 3.23. The minimum absolute atomic E-state index is 0.258. The van der Waals surface area contributed by atoms with Gasteiger partial charge in [0.05, 0.1) is 17.4 Å². The zero-order valence-corrected chi connectivity index (χ0v) is 16.4. The van der Waals surface area contributed by atoms with Crippen molar-refractivity contribution in [2.75, 3.05) is 26.2 Å². The Morgan fingerprint density at radius 2 is 2.00 bits per heavy atom. The Bertz CT molecular complexity index is 808. The summed E-state index contributed by atoms with van der Waals surface area (Å²) < 4.78 is 5.04. The SMILES string of the molecule is CCOC(=O)C1CCCN(C(=O)CN2C(=O)S/C(=C/c3ccccc3)C2=O)C1. The summed E-state index contributed by atoms with van der Waals surface area (Å²) in [4.78, 5) is 52.2. The van der Waals surface area contributed by atoms with E-state index in [2.05, 4.69) is 0 Å². The zero-order valence-electron chi connectivity index (χ0n) is 15.6. The molecule has 0 N–H and O–H groups in total. The highest BCUT2D eigenvalue weighted by molar-refractivity contribution is 8.18. The molecule has 2 fully saturated rings. The minimum atomic E-state index is -0.467. The molecule has 3 rings (SSSR count). The molecule has 2 saturated heterocycles. The van der Waals surface area contributed by atoms with E-state index < -0.39 is 11.1 Å². The number of amides is 3. The van der Waals surface area contributed by atoms with Crippen molar-refractivity contribution in [3.63, 3.8) is 0 Å². The van der Waals surface area contributed by atoms with Crippen LogP contribution in [0.15, 0.2) is 35.2 Å². The molecule has 0 spiro atoms. The van der Waals surface area contributed by atoms with Gasteiger partial charge in [-0.2, -0.15) is 0 Å². The minimum Gasteiger partial charge on any atom is -0.466 e. The molecule has 0 bridgehead atoms. The van der Waals surface area contributed by atoms with Gasteiger partial charge in [-0.15, -0.1) is 0 Å². The standard InChI is InChI=1S/C20H22N2O5S/c1-2-27-19(25)15-9-6-10-21(12-15)17(23)13-22-18(24)16(28-20(22)26)11-14-7-4-3-5-8-14/h3-5,7-8,11,15H,2,6,9-10,12-13H2,1H3/b16-11+. The van der Waals surface area contributed by atoms with Crippen LogP contribution in [0.2, 0.25) is 0 Å². The van der Waals surface area contributed by atoms with E-state index in [1.54, 1.807) is 13.0 Å². The summed E-state index contributed by atoms with van der Waals surface area (Å²) in [7, 11) is 0. The molecule has 148 valence electrons. The van der Waals surface area contributed by atoms with Gasteiger partial charge in [-0.1, -0.05) is 30.3 Å². The summed E-state index contributed by atoms with van der Waals surface area (Å²) in [5, 5.41) is -0.459. The van der Waals surface area contributed by atoms with Crippen LogP contribution in [0.5, 0.6) is 0 Å². The van der Waals surface area contributed by atoms with Crippen molar-refractivity contribution in [1.82, 2.24) is 9.80 Å². The highest BCUT2D eigenvalue weighted by Crippen LogP contribution is 2.32. The molecule has 1 atom stereocenters. The van der Waals surface area contributed by atoms with E-state index in [1.165, 1.54) is 4.90 Å². The van der Waals surface area contributed by atoms with Gasteiger partial charge in [0.25, 0.3) is 11.1 Å². The summed E-state index contributed by atoms with van der Waals surface area (Å²) in [6.45, 7) is 2.49. The second-order valence-corrected chi connectivity index (χ2v) is 7.60. The number of thioether (sulfide) groups is 1.